The number of hydrogen-bond donors (Lipinski definition) is 1. The van der Waals surface area contributed by atoms with Gasteiger partial charge in [0.1, 0.15) is 0 Å². The molecule has 2 N–H and O–H groups in total. The molecule has 0 saturated heterocycles. The molecule has 0 aliphatic heterocycles. The van der Waals surface area contributed by atoms with Gasteiger partial charge in [0.2, 0.25) is 5.91 Å². The first-order chi connectivity index (χ1) is 8.52. The average Bonchev–Trinajstić information content (AvgIpc) is 2.33. The normalized spacial score (nSPS) is 11.9. The average molecular weight is 264 g/mol. The minimum atomic E-state index is -0.375. The zero-order chi connectivity index (χ0) is 13.7. The lowest BCUT2D eigenvalue weighted by molar-refractivity contribution is -0.120. The molecule has 0 aromatic heterocycles. The summed E-state index contributed by atoms with van der Waals surface area (Å²) in [6, 6.07) is 7.83. The van der Waals surface area contributed by atoms with Crippen LogP contribution in [0.3, 0.4) is 0 Å². The summed E-state index contributed by atoms with van der Waals surface area (Å²) < 4.78 is 0. The van der Waals surface area contributed by atoms with Crippen LogP contribution in [0, 0.1) is 12.8 Å². The molecule has 98 valence electrons. The van der Waals surface area contributed by atoms with Crippen LogP contribution in [0.25, 0.3) is 0 Å². The lowest BCUT2D eigenvalue weighted by atomic mass is 10.0. The molecular formula is C14H20N2OS. The second-order valence-electron chi connectivity index (χ2n) is 4.23. The highest BCUT2D eigenvalue weighted by Crippen LogP contribution is 2.22. The standard InChI is InChI=1S/C14H20N2OS/c1-4-11(13(15)18)14(17)16(5-2)12-9-7-6-8-10(12)3/h6-9,11H,4-5H2,1-3H3,(H2,15,18). The maximum Gasteiger partial charge on any atom is 0.236 e. The first-order valence-electron chi connectivity index (χ1n) is 6.19. The molecule has 1 aromatic rings. The van der Waals surface area contributed by atoms with E-state index < -0.39 is 0 Å². The van der Waals surface area contributed by atoms with E-state index in [1.54, 1.807) is 4.90 Å². The summed E-state index contributed by atoms with van der Waals surface area (Å²) in [5, 5.41) is 0. The minimum Gasteiger partial charge on any atom is -0.393 e. The molecule has 1 atom stereocenters. The van der Waals surface area contributed by atoms with Gasteiger partial charge in [0, 0.05) is 12.2 Å². The second-order valence-corrected chi connectivity index (χ2v) is 4.70. The molecule has 1 amide bonds. The fraction of sp³-hybridized carbons (Fsp3) is 0.429. The number of anilines is 1. The number of hydrogen-bond acceptors (Lipinski definition) is 2. The zero-order valence-electron chi connectivity index (χ0n) is 11.1. The fourth-order valence-corrected chi connectivity index (χ4v) is 2.26. The van der Waals surface area contributed by atoms with Crippen molar-refractivity contribution in [2.24, 2.45) is 11.7 Å². The maximum absolute atomic E-state index is 12.5. The van der Waals surface area contributed by atoms with Crippen LogP contribution in [-0.2, 0) is 4.79 Å². The number of carbonyl (C=O) groups excluding carboxylic acids is 1. The van der Waals surface area contributed by atoms with Gasteiger partial charge in [-0.05, 0) is 31.9 Å². The second kappa shape index (κ2) is 6.50. The van der Waals surface area contributed by atoms with E-state index in [2.05, 4.69) is 0 Å². The van der Waals surface area contributed by atoms with E-state index in [-0.39, 0.29) is 16.8 Å². The van der Waals surface area contributed by atoms with Crippen LogP contribution >= 0.6 is 12.2 Å². The Balaban J connectivity index is 3.07. The third kappa shape index (κ3) is 3.07. The van der Waals surface area contributed by atoms with Gasteiger partial charge < -0.3 is 10.6 Å². The highest BCUT2D eigenvalue weighted by molar-refractivity contribution is 7.80. The lowest BCUT2D eigenvalue weighted by Gasteiger charge is -2.26. The van der Waals surface area contributed by atoms with Gasteiger partial charge in [-0.15, -0.1) is 0 Å². The molecule has 0 spiro atoms. The number of carbonyl (C=O) groups is 1. The third-order valence-corrected chi connectivity index (χ3v) is 3.32. The number of nitrogens with two attached hydrogens (primary N) is 1. The Morgan fingerprint density at radius 3 is 2.44 bits per heavy atom. The number of nitrogens with zero attached hydrogens (tertiary/aromatic N) is 1. The van der Waals surface area contributed by atoms with E-state index >= 15 is 0 Å². The summed E-state index contributed by atoms with van der Waals surface area (Å²) in [5.41, 5.74) is 7.65. The summed E-state index contributed by atoms with van der Waals surface area (Å²) in [6.07, 6.45) is 0.635. The van der Waals surface area contributed by atoms with Gasteiger partial charge in [-0.2, -0.15) is 0 Å². The summed E-state index contributed by atoms with van der Waals surface area (Å²) in [4.78, 5) is 14.5. The molecule has 4 heteroatoms. The van der Waals surface area contributed by atoms with Gasteiger partial charge >= 0.3 is 0 Å². The number of aryl methyl sites for hydroxylation is 1. The van der Waals surface area contributed by atoms with Crippen molar-refractivity contribution in [2.75, 3.05) is 11.4 Å². The Kier molecular flexibility index (Phi) is 5.28. The van der Waals surface area contributed by atoms with Crippen molar-refractivity contribution in [1.29, 1.82) is 0 Å². The van der Waals surface area contributed by atoms with Crippen molar-refractivity contribution in [3.8, 4) is 0 Å². The summed E-state index contributed by atoms with van der Waals surface area (Å²) >= 11 is 4.97. The highest BCUT2D eigenvalue weighted by atomic mass is 32.1. The molecule has 1 unspecified atom stereocenters. The van der Waals surface area contributed by atoms with Crippen LogP contribution in [0.1, 0.15) is 25.8 Å². The van der Waals surface area contributed by atoms with Gasteiger partial charge in [0.15, 0.2) is 0 Å². The highest BCUT2D eigenvalue weighted by Gasteiger charge is 2.25. The van der Waals surface area contributed by atoms with Crippen LogP contribution in [-0.4, -0.2) is 17.4 Å². The Morgan fingerprint density at radius 1 is 1.39 bits per heavy atom. The van der Waals surface area contributed by atoms with Crippen LogP contribution in [0.5, 0.6) is 0 Å². The molecule has 18 heavy (non-hydrogen) atoms. The molecule has 3 nitrogen and oxygen atoms in total. The van der Waals surface area contributed by atoms with E-state index in [1.165, 1.54) is 0 Å². The van der Waals surface area contributed by atoms with Crippen LogP contribution in [0.4, 0.5) is 5.69 Å². The van der Waals surface area contributed by atoms with Gasteiger partial charge in [-0.3, -0.25) is 4.79 Å². The van der Waals surface area contributed by atoms with Crippen LogP contribution < -0.4 is 10.6 Å². The first-order valence-corrected chi connectivity index (χ1v) is 6.60. The Hall–Kier alpha value is -1.42. The van der Waals surface area contributed by atoms with Crippen LogP contribution in [0.15, 0.2) is 24.3 Å². The van der Waals surface area contributed by atoms with E-state index in [1.807, 2.05) is 45.0 Å². The van der Waals surface area contributed by atoms with Gasteiger partial charge in [-0.25, -0.2) is 0 Å². The molecule has 0 bridgehead atoms. The quantitative estimate of drug-likeness (QED) is 0.832. The van der Waals surface area contributed by atoms with Gasteiger partial charge in [-0.1, -0.05) is 37.3 Å². The first kappa shape index (κ1) is 14.6. The number of rotatable bonds is 5. The summed E-state index contributed by atoms with van der Waals surface area (Å²) in [5.74, 6) is -0.388. The maximum atomic E-state index is 12.5. The predicted molar refractivity (Wildman–Crippen MR) is 79.8 cm³/mol. The number of amides is 1. The Morgan fingerprint density at radius 2 is 2.00 bits per heavy atom. The molecule has 0 saturated carbocycles. The molecule has 1 rings (SSSR count). The smallest absolute Gasteiger partial charge is 0.236 e. The van der Waals surface area contributed by atoms with E-state index in [4.69, 9.17) is 18.0 Å². The topological polar surface area (TPSA) is 46.3 Å². The summed E-state index contributed by atoms with van der Waals surface area (Å²) in [7, 11) is 0. The van der Waals surface area contributed by atoms with Crippen LogP contribution in [0.2, 0.25) is 0 Å². The Labute approximate surface area is 114 Å². The molecule has 0 fully saturated rings. The lowest BCUT2D eigenvalue weighted by Crippen LogP contribution is -2.41. The van der Waals surface area contributed by atoms with Crippen molar-refractivity contribution >= 4 is 28.8 Å². The molecular weight excluding hydrogens is 244 g/mol. The number of benzene rings is 1. The molecule has 0 radical (unpaired) electrons. The largest absolute Gasteiger partial charge is 0.393 e. The molecule has 0 aliphatic rings. The van der Waals surface area contributed by atoms with Crippen molar-refractivity contribution in [3.05, 3.63) is 29.8 Å². The van der Waals surface area contributed by atoms with Crippen molar-refractivity contribution in [1.82, 2.24) is 0 Å². The van der Waals surface area contributed by atoms with E-state index in [9.17, 15) is 4.79 Å². The predicted octanol–water partition coefficient (Wildman–Crippen LogP) is 2.66. The molecule has 0 aliphatic carbocycles. The third-order valence-electron chi connectivity index (χ3n) is 3.04. The zero-order valence-corrected chi connectivity index (χ0v) is 12.0. The Bertz CT molecular complexity index is 445. The molecule has 0 heterocycles. The van der Waals surface area contributed by atoms with Crippen molar-refractivity contribution in [3.63, 3.8) is 0 Å². The number of para-hydroxylation sites is 1. The SMILES string of the molecule is CCC(C(=O)N(CC)c1ccccc1C)C(N)=S. The van der Waals surface area contributed by atoms with Crippen molar-refractivity contribution in [2.45, 2.75) is 27.2 Å². The number of thiocarbonyl (C=S) groups is 1. The van der Waals surface area contributed by atoms with Gasteiger partial charge in [0.25, 0.3) is 0 Å². The summed E-state index contributed by atoms with van der Waals surface area (Å²) in [6.45, 7) is 6.49. The van der Waals surface area contributed by atoms with Crippen molar-refractivity contribution < 1.29 is 4.79 Å². The fourth-order valence-electron chi connectivity index (χ4n) is 2.00. The monoisotopic (exact) mass is 264 g/mol. The van der Waals surface area contributed by atoms with E-state index in [0.717, 1.165) is 11.3 Å². The van der Waals surface area contributed by atoms with E-state index in [0.29, 0.717) is 13.0 Å². The minimum absolute atomic E-state index is 0.0122. The molecule has 1 aromatic carbocycles. The van der Waals surface area contributed by atoms with Gasteiger partial charge in [0.05, 0.1) is 10.9 Å².